The Morgan fingerprint density at radius 3 is 2.38 bits per heavy atom. The van der Waals surface area contributed by atoms with E-state index in [1.807, 2.05) is 0 Å². The fourth-order valence-electron chi connectivity index (χ4n) is 2.39. The van der Waals surface area contributed by atoms with Crippen LogP contribution in [0.15, 0.2) is 12.2 Å². The number of hydrogen-bond acceptors (Lipinski definition) is 2. The Bertz CT molecular complexity index is 264. The van der Waals surface area contributed by atoms with Crippen LogP contribution in [0.25, 0.3) is 0 Å². The van der Waals surface area contributed by atoms with Gasteiger partial charge in [0.15, 0.2) is 0 Å². The molecule has 124 valence electrons. The number of hydrogen-bond donors (Lipinski definition) is 2. The molecule has 3 N–H and O–H groups in total. The van der Waals surface area contributed by atoms with Crippen molar-refractivity contribution < 1.29 is 9.90 Å². The summed E-state index contributed by atoms with van der Waals surface area (Å²) in [6.07, 6.45) is 18.0. The highest BCUT2D eigenvalue weighted by atomic mass is 16.3. The van der Waals surface area contributed by atoms with Gasteiger partial charge in [0.25, 0.3) is 0 Å². The van der Waals surface area contributed by atoms with Gasteiger partial charge in [-0.05, 0) is 32.1 Å². The first-order valence-corrected chi connectivity index (χ1v) is 8.78. The topological polar surface area (TPSA) is 63.3 Å². The van der Waals surface area contributed by atoms with Crippen molar-refractivity contribution in [1.29, 1.82) is 0 Å². The third-order valence-corrected chi connectivity index (χ3v) is 3.76. The number of nitrogens with two attached hydrogens (primary N) is 1. The Morgan fingerprint density at radius 2 is 1.67 bits per heavy atom. The predicted octanol–water partition coefficient (Wildman–Crippen LogP) is 4.48. The summed E-state index contributed by atoms with van der Waals surface area (Å²) in [6, 6.07) is 0. The Kier molecular flexibility index (Phi) is 14.9. The van der Waals surface area contributed by atoms with Crippen LogP contribution in [0, 0.1) is 0 Å². The third-order valence-electron chi connectivity index (χ3n) is 3.76. The molecular weight excluding hydrogens is 262 g/mol. The van der Waals surface area contributed by atoms with Gasteiger partial charge < -0.3 is 10.8 Å². The minimum Gasteiger partial charge on any atom is -0.393 e. The maximum absolute atomic E-state index is 10.6. The van der Waals surface area contributed by atoms with E-state index in [4.69, 9.17) is 5.73 Å². The molecule has 0 aliphatic carbocycles. The fourth-order valence-corrected chi connectivity index (χ4v) is 2.39. The molecule has 1 unspecified atom stereocenters. The summed E-state index contributed by atoms with van der Waals surface area (Å²) in [6.45, 7) is 2.21. The van der Waals surface area contributed by atoms with Gasteiger partial charge in [0.1, 0.15) is 0 Å². The molecule has 1 atom stereocenters. The smallest absolute Gasteiger partial charge is 0.217 e. The van der Waals surface area contributed by atoms with Gasteiger partial charge in [-0.25, -0.2) is 0 Å². The lowest BCUT2D eigenvalue weighted by Gasteiger charge is -2.07. The molecule has 0 fully saturated rings. The van der Waals surface area contributed by atoms with E-state index in [9.17, 15) is 9.90 Å². The van der Waals surface area contributed by atoms with Gasteiger partial charge >= 0.3 is 0 Å². The average molecular weight is 297 g/mol. The van der Waals surface area contributed by atoms with E-state index >= 15 is 0 Å². The second-order valence-electron chi connectivity index (χ2n) is 5.98. The van der Waals surface area contributed by atoms with Gasteiger partial charge in [0.2, 0.25) is 5.91 Å². The van der Waals surface area contributed by atoms with Crippen LogP contribution >= 0.6 is 0 Å². The Morgan fingerprint density at radius 1 is 1.00 bits per heavy atom. The molecule has 0 aromatic carbocycles. The van der Waals surface area contributed by atoms with E-state index in [0.717, 1.165) is 38.5 Å². The lowest BCUT2D eigenvalue weighted by molar-refractivity contribution is -0.118. The van der Waals surface area contributed by atoms with Crippen LogP contribution in [0.2, 0.25) is 0 Å². The quantitative estimate of drug-likeness (QED) is 0.346. The summed E-state index contributed by atoms with van der Waals surface area (Å²) in [5.74, 6) is -0.189. The van der Waals surface area contributed by atoms with Gasteiger partial charge in [0.05, 0.1) is 6.10 Å². The molecule has 0 spiro atoms. The highest BCUT2D eigenvalue weighted by molar-refractivity contribution is 5.73. The Hall–Kier alpha value is -0.830. The number of primary amides is 1. The molecule has 0 saturated carbocycles. The first-order valence-electron chi connectivity index (χ1n) is 8.78. The van der Waals surface area contributed by atoms with Crippen molar-refractivity contribution in [3.05, 3.63) is 12.2 Å². The number of unbranched alkanes of at least 4 members (excludes halogenated alkanes) is 8. The van der Waals surface area contributed by atoms with Crippen LogP contribution < -0.4 is 5.73 Å². The number of allylic oxidation sites excluding steroid dienone is 1. The molecule has 21 heavy (non-hydrogen) atoms. The van der Waals surface area contributed by atoms with Crippen LogP contribution in [0.4, 0.5) is 0 Å². The van der Waals surface area contributed by atoms with Crippen molar-refractivity contribution in [1.82, 2.24) is 0 Å². The first kappa shape index (κ1) is 20.2. The Labute approximate surface area is 131 Å². The number of carbonyl (C=O) groups is 1. The summed E-state index contributed by atoms with van der Waals surface area (Å²) < 4.78 is 0. The molecule has 0 aliphatic rings. The molecule has 0 aromatic heterocycles. The zero-order valence-electron chi connectivity index (χ0n) is 13.9. The standard InChI is InChI=1S/C18H35NO2/c1-2-3-4-11-14-17(20)15-12-9-7-5-6-8-10-13-16-18(19)21/h9,12,17,20H,2-8,10-11,13-16H2,1H3,(H2,19,21)/b12-9-. The molecule has 0 radical (unpaired) electrons. The van der Waals surface area contributed by atoms with E-state index in [2.05, 4.69) is 19.1 Å². The molecule has 0 rings (SSSR count). The zero-order chi connectivity index (χ0) is 15.8. The Balaban J connectivity index is 3.26. The molecule has 3 heteroatoms. The van der Waals surface area contributed by atoms with E-state index in [1.54, 1.807) is 0 Å². The molecule has 1 amide bonds. The van der Waals surface area contributed by atoms with E-state index in [0.29, 0.717) is 6.42 Å². The average Bonchev–Trinajstić information content (AvgIpc) is 2.45. The van der Waals surface area contributed by atoms with Crippen LogP contribution in [0.5, 0.6) is 0 Å². The monoisotopic (exact) mass is 297 g/mol. The molecule has 3 nitrogen and oxygen atoms in total. The summed E-state index contributed by atoms with van der Waals surface area (Å²) in [4.78, 5) is 10.6. The maximum Gasteiger partial charge on any atom is 0.217 e. The normalized spacial score (nSPS) is 12.9. The minimum atomic E-state index is -0.189. The number of amides is 1. The van der Waals surface area contributed by atoms with Gasteiger partial charge in [-0.3, -0.25) is 4.79 Å². The second-order valence-corrected chi connectivity index (χ2v) is 5.98. The minimum absolute atomic E-state index is 0.160. The van der Waals surface area contributed by atoms with Crippen LogP contribution in [-0.2, 0) is 4.79 Å². The van der Waals surface area contributed by atoms with Crippen molar-refractivity contribution in [2.45, 2.75) is 96.5 Å². The number of aliphatic hydroxyl groups is 1. The largest absolute Gasteiger partial charge is 0.393 e. The molecule has 0 aromatic rings. The van der Waals surface area contributed by atoms with Crippen molar-refractivity contribution in [2.75, 3.05) is 0 Å². The summed E-state index contributed by atoms with van der Waals surface area (Å²) in [5, 5.41) is 9.80. The number of aliphatic hydroxyl groups excluding tert-OH is 1. The molecule has 0 bridgehead atoms. The van der Waals surface area contributed by atoms with Crippen LogP contribution in [0.1, 0.15) is 90.4 Å². The molecule has 0 aliphatic heterocycles. The lowest BCUT2D eigenvalue weighted by Crippen LogP contribution is -2.09. The van der Waals surface area contributed by atoms with Gasteiger partial charge in [-0.1, -0.05) is 64.0 Å². The second kappa shape index (κ2) is 15.6. The van der Waals surface area contributed by atoms with Crippen molar-refractivity contribution in [2.24, 2.45) is 5.73 Å². The molecular formula is C18H35NO2. The fraction of sp³-hybridized carbons (Fsp3) is 0.833. The third kappa shape index (κ3) is 17.1. The van der Waals surface area contributed by atoms with E-state index in [1.165, 1.54) is 38.5 Å². The zero-order valence-corrected chi connectivity index (χ0v) is 13.9. The van der Waals surface area contributed by atoms with E-state index < -0.39 is 0 Å². The molecule has 0 saturated heterocycles. The summed E-state index contributed by atoms with van der Waals surface area (Å²) in [5.41, 5.74) is 5.09. The maximum atomic E-state index is 10.6. The highest BCUT2D eigenvalue weighted by Crippen LogP contribution is 2.10. The lowest BCUT2D eigenvalue weighted by atomic mass is 10.1. The van der Waals surface area contributed by atoms with Gasteiger partial charge in [-0.2, -0.15) is 0 Å². The predicted molar refractivity (Wildman–Crippen MR) is 90.0 cm³/mol. The SMILES string of the molecule is CCCCCCC(O)C/C=C\CCCCCCCC(N)=O. The van der Waals surface area contributed by atoms with Crippen molar-refractivity contribution >= 4 is 5.91 Å². The summed E-state index contributed by atoms with van der Waals surface area (Å²) >= 11 is 0. The summed E-state index contributed by atoms with van der Waals surface area (Å²) in [7, 11) is 0. The van der Waals surface area contributed by atoms with Crippen LogP contribution in [-0.4, -0.2) is 17.1 Å². The molecule has 0 heterocycles. The number of carbonyl (C=O) groups excluding carboxylic acids is 1. The van der Waals surface area contributed by atoms with Gasteiger partial charge in [-0.15, -0.1) is 0 Å². The van der Waals surface area contributed by atoms with E-state index in [-0.39, 0.29) is 12.0 Å². The first-order chi connectivity index (χ1) is 10.2. The number of rotatable bonds is 15. The van der Waals surface area contributed by atoms with Crippen molar-refractivity contribution in [3.8, 4) is 0 Å². The van der Waals surface area contributed by atoms with Gasteiger partial charge in [0, 0.05) is 6.42 Å². The highest BCUT2D eigenvalue weighted by Gasteiger charge is 2.00. The van der Waals surface area contributed by atoms with Crippen molar-refractivity contribution in [3.63, 3.8) is 0 Å². The van der Waals surface area contributed by atoms with Crippen LogP contribution in [0.3, 0.4) is 0 Å².